The molecule has 0 saturated carbocycles. The number of esters is 1. The van der Waals surface area contributed by atoms with Crippen LogP contribution in [0.1, 0.15) is 17.8 Å². The van der Waals surface area contributed by atoms with Gasteiger partial charge in [0.1, 0.15) is 5.82 Å². The van der Waals surface area contributed by atoms with Crippen molar-refractivity contribution in [2.24, 2.45) is 0 Å². The molecule has 0 atom stereocenters. The summed E-state index contributed by atoms with van der Waals surface area (Å²) in [4.78, 5) is 11.3. The largest absolute Gasteiger partial charge is 0.469 e. The van der Waals surface area contributed by atoms with Gasteiger partial charge in [0.05, 0.1) is 13.5 Å². The van der Waals surface area contributed by atoms with E-state index in [-0.39, 0.29) is 12.4 Å². The number of methoxy groups -OCH3 is 1. The molecule has 0 unspecified atom stereocenters. The van der Waals surface area contributed by atoms with Crippen LogP contribution in [0.5, 0.6) is 0 Å². The number of nitrogens with zero attached hydrogens (tertiary/aromatic N) is 4. The summed E-state index contributed by atoms with van der Waals surface area (Å²) in [5, 5.41) is 16.5. The van der Waals surface area contributed by atoms with E-state index in [0.717, 1.165) is 5.56 Å². The Kier molecular flexibility index (Phi) is 4.90. The van der Waals surface area contributed by atoms with E-state index in [0.29, 0.717) is 35.3 Å². The third-order valence-corrected chi connectivity index (χ3v) is 3.89. The van der Waals surface area contributed by atoms with Gasteiger partial charge in [0.15, 0.2) is 11.5 Å². The Morgan fingerprint density at radius 1 is 1.25 bits per heavy atom. The van der Waals surface area contributed by atoms with Crippen molar-refractivity contribution in [2.75, 3.05) is 12.4 Å². The Morgan fingerprint density at radius 2 is 2.08 bits per heavy atom. The number of nitrogens with one attached hydrogen (secondary N) is 1. The molecule has 2 heterocycles. The van der Waals surface area contributed by atoms with Gasteiger partial charge < -0.3 is 10.1 Å². The Morgan fingerprint density at radius 3 is 2.88 bits per heavy atom. The Labute approximate surface area is 143 Å². The van der Waals surface area contributed by atoms with Crippen molar-refractivity contribution in [2.45, 2.75) is 19.4 Å². The van der Waals surface area contributed by atoms with E-state index in [2.05, 4.69) is 25.3 Å². The number of anilines is 1. The highest BCUT2D eigenvalue weighted by atomic mass is 35.5. The smallest absolute Gasteiger partial charge is 0.305 e. The molecule has 0 bridgehead atoms. The van der Waals surface area contributed by atoms with Gasteiger partial charge in [-0.3, -0.25) is 4.79 Å². The average Bonchev–Trinajstić information content (AvgIpc) is 3.01. The molecular formula is C16H16ClN5O2. The highest BCUT2D eigenvalue weighted by Gasteiger charge is 2.10. The maximum Gasteiger partial charge on any atom is 0.305 e. The zero-order valence-electron chi connectivity index (χ0n) is 13.1. The van der Waals surface area contributed by atoms with E-state index in [1.807, 2.05) is 36.4 Å². The van der Waals surface area contributed by atoms with Crippen LogP contribution in [-0.4, -0.2) is 32.9 Å². The van der Waals surface area contributed by atoms with Gasteiger partial charge in [-0.15, -0.1) is 15.3 Å². The monoisotopic (exact) mass is 345 g/mol. The van der Waals surface area contributed by atoms with E-state index >= 15 is 0 Å². The van der Waals surface area contributed by atoms with Gasteiger partial charge in [-0.25, -0.2) is 0 Å². The summed E-state index contributed by atoms with van der Waals surface area (Å²) in [7, 11) is 1.36. The number of hydrogen-bond donors (Lipinski definition) is 1. The summed E-state index contributed by atoms with van der Waals surface area (Å²) < 4.78 is 6.26. The van der Waals surface area contributed by atoms with Gasteiger partial charge in [0, 0.05) is 18.0 Å². The SMILES string of the molecule is COC(=O)CCc1nnc2ccc(NCc3ccccc3Cl)nn12. The van der Waals surface area contributed by atoms with Crippen molar-refractivity contribution in [3.63, 3.8) is 0 Å². The minimum Gasteiger partial charge on any atom is -0.469 e. The summed E-state index contributed by atoms with van der Waals surface area (Å²) in [5.74, 6) is 0.984. The van der Waals surface area contributed by atoms with E-state index in [9.17, 15) is 4.79 Å². The fourth-order valence-corrected chi connectivity index (χ4v) is 2.43. The summed E-state index contributed by atoms with van der Waals surface area (Å²) in [6.45, 7) is 0.553. The molecule has 2 aromatic heterocycles. The van der Waals surface area contributed by atoms with E-state index in [1.165, 1.54) is 7.11 Å². The second-order valence-corrected chi connectivity index (χ2v) is 5.53. The first kappa shape index (κ1) is 16.2. The molecule has 0 radical (unpaired) electrons. The number of carbonyl (C=O) groups excluding carboxylic acids is 1. The first-order valence-corrected chi connectivity index (χ1v) is 7.80. The maximum absolute atomic E-state index is 11.3. The number of hydrogen-bond acceptors (Lipinski definition) is 6. The molecule has 0 aliphatic carbocycles. The van der Waals surface area contributed by atoms with E-state index in [4.69, 9.17) is 11.6 Å². The van der Waals surface area contributed by atoms with Gasteiger partial charge in [0.25, 0.3) is 0 Å². The molecule has 3 rings (SSSR count). The second kappa shape index (κ2) is 7.27. The minimum absolute atomic E-state index is 0.232. The highest BCUT2D eigenvalue weighted by Crippen LogP contribution is 2.16. The molecule has 0 amide bonds. The van der Waals surface area contributed by atoms with Gasteiger partial charge in [-0.05, 0) is 23.8 Å². The summed E-state index contributed by atoms with van der Waals surface area (Å²) in [6.07, 6.45) is 0.644. The molecule has 124 valence electrons. The van der Waals surface area contributed by atoms with Crippen LogP contribution in [0.3, 0.4) is 0 Å². The zero-order valence-corrected chi connectivity index (χ0v) is 13.8. The van der Waals surface area contributed by atoms with Crippen molar-refractivity contribution in [1.82, 2.24) is 19.8 Å². The van der Waals surface area contributed by atoms with Crippen molar-refractivity contribution in [3.05, 3.63) is 52.8 Å². The number of aromatic nitrogens is 4. The summed E-state index contributed by atoms with van der Waals surface area (Å²) in [5.41, 5.74) is 1.61. The minimum atomic E-state index is -0.292. The maximum atomic E-state index is 11.3. The lowest BCUT2D eigenvalue weighted by Gasteiger charge is -2.07. The first-order valence-electron chi connectivity index (χ1n) is 7.43. The second-order valence-electron chi connectivity index (χ2n) is 5.13. The lowest BCUT2D eigenvalue weighted by Crippen LogP contribution is -2.08. The molecule has 0 spiro atoms. The molecule has 24 heavy (non-hydrogen) atoms. The molecule has 0 fully saturated rings. The van der Waals surface area contributed by atoms with Crippen LogP contribution in [0.2, 0.25) is 5.02 Å². The van der Waals surface area contributed by atoms with Crippen LogP contribution in [0, 0.1) is 0 Å². The Balaban J connectivity index is 1.75. The number of halogens is 1. The van der Waals surface area contributed by atoms with Gasteiger partial charge >= 0.3 is 5.97 Å². The molecule has 3 aromatic rings. The van der Waals surface area contributed by atoms with Crippen LogP contribution < -0.4 is 5.32 Å². The lowest BCUT2D eigenvalue weighted by atomic mass is 10.2. The van der Waals surface area contributed by atoms with Crippen molar-refractivity contribution in [3.8, 4) is 0 Å². The summed E-state index contributed by atoms with van der Waals surface area (Å²) >= 11 is 6.15. The third kappa shape index (κ3) is 3.62. The van der Waals surface area contributed by atoms with Gasteiger partial charge in [-0.1, -0.05) is 29.8 Å². The Hall–Kier alpha value is -2.67. The van der Waals surface area contributed by atoms with Crippen LogP contribution in [0.4, 0.5) is 5.82 Å². The number of carbonyl (C=O) groups is 1. The molecule has 7 nitrogen and oxygen atoms in total. The van der Waals surface area contributed by atoms with Crippen LogP contribution >= 0.6 is 11.6 Å². The number of aryl methyl sites for hydroxylation is 1. The zero-order chi connectivity index (χ0) is 16.9. The third-order valence-electron chi connectivity index (χ3n) is 3.53. The van der Waals surface area contributed by atoms with Crippen LogP contribution in [0.15, 0.2) is 36.4 Å². The fraction of sp³-hybridized carbons (Fsp3) is 0.250. The Bertz CT molecular complexity index is 865. The number of benzene rings is 1. The highest BCUT2D eigenvalue weighted by molar-refractivity contribution is 6.31. The van der Waals surface area contributed by atoms with E-state index in [1.54, 1.807) is 4.52 Å². The molecule has 1 aromatic carbocycles. The first-order chi connectivity index (χ1) is 11.7. The lowest BCUT2D eigenvalue weighted by molar-refractivity contribution is -0.140. The fourth-order valence-electron chi connectivity index (χ4n) is 2.23. The predicted molar refractivity (Wildman–Crippen MR) is 89.9 cm³/mol. The molecule has 0 aliphatic heterocycles. The van der Waals surface area contributed by atoms with Crippen molar-refractivity contribution in [1.29, 1.82) is 0 Å². The molecule has 0 aliphatic rings. The van der Waals surface area contributed by atoms with Crippen LogP contribution in [0.25, 0.3) is 5.65 Å². The topological polar surface area (TPSA) is 81.4 Å². The normalized spacial score (nSPS) is 10.8. The molecule has 8 heteroatoms. The number of rotatable bonds is 6. The quantitative estimate of drug-likeness (QED) is 0.691. The predicted octanol–water partition coefficient (Wildman–Crippen LogP) is 2.50. The molecule has 1 N–H and O–H groups in total. The number of fused-ring (bicyclic) bond motifs is 1. The molecule has 0 saturated heterocycles. The van der Waals surface area contributed by atoms with Crippen LogP contribution in [-0.2, 0) is 22.5 Å². The van der Waals surface area contributed by atoms with Crippen molar-refractivity contribution < 1.29 is 9.53 Å². The van der Waals surface area contributed by atoms with Gasteiger partial charge in [0.2, 0.25) is 0 Å². The average molecular weight is 346 g/mol. The molecular weight excluding hydrogens is 330 g/mol. The van der Waals surface area contributed by atoms with E-state index < -0.39 is 0 Å². The van der Waals surface area contributed by atoms with Crippen molar-refractivity contribution >= 4 is 29.0 Å². The standard InChI is InChI=1S/C16H16ClN5O2/c1-24-16(23)9-8-15-20-19-14-7-6-13(21-22(14)15)18-10-11-4-2-3-5-12(11)17/h2-7H,8-10H2,1H3,(H,18,21). The number of ether oxygens (including phenoxy) is 1. The van der Waals surface area contributed by atoms with Gasteiger partial charge in [-0.2, -0.15) is 4.52 Å². The summed E-state index contributed by atoms with van der Waals surface area (Å²) in [6, 6.07) is 11.3.